The minimum Gasteiger partial charge on any atom is -0.349 e. The number of amides is 2. The normalized spacial score (nSPS) is 14.2. The molecule has 1 fully saturated rings. The van der Waals surface area contributed by atoms with Crippen LogP contribution in [0, 0.1) is 13.8 Å². The Labute approximate surface area is 212 Å². The number of anilines is 2. The van der Waals surface area contributed by atoms with Gasteiger partial charge in [-0.2, -0.15) is 0 Å². The van der Waals surface area contributed by atoms with Crippen LogP contribution in [0.5, 0.6) is 0 Å². The summed E-state index contributed by atoms with van der Waals surface area (Å²) in [5.74, 6) is -0.730. The summed E-state index contributed by atoms with van der Waals surface area (Å²) >= 11 is 0. The van der Waals surface area contributed by atoms with Gasteiger partial charge in [-0.05, 0) is 68.7 Å². The molecule has 3 aromatic carbocycles. The molecule has 2 amide bonds. The first-order valence-electron chi connectivity index (χ1n) is 12.1. The van der Waals surface area contributed by atoms with Gasteiger partial charge in [0, 0.05) is 17.3 Å². The summed E-state index contributed by atoms with van der Waals surface area (Å²) in [7, 11) is -3.92. The zero-order valence-electron chi connectivity index (χ0n) is 20.5. The van der Waals surface area contributed by atoms with Gasteiger partial charge in [0.15, 0.2) is 0 Å². The Morgan fingerprint density at radius 2 is 1.53 bits per heavy atom. The van der Waals surface area contributed by atoms with Crippen LogP contribution in [-0.2, 0) is 10.0 Å². The second-order valence-electron chi connectivity index (χ2n) is 9.26. The van der Waals surface area contributed by atoms with Crippen LogP contribution in [0.2, 0.25) is 0 Å². The fourth-order valence-corrected chi connectivity index (χ4v) is 5.69. The lowest BCUT2D eigenvalue weighted by molar-refractivity contribution is 0.0928. The number of nitrogens with one attached hydrogen (secondary N) is 3. The molecule has 0 aromatic heterocycles. The summed E-state index contributed by atoms with van der Waals surface area (Å²) < 4.78 is 28.7. The maximum Gasteiger partial charge on any atom is 0.262 e. The molecule has 0 atom stereocenters. The molecule has 188 valence electrons. The molecule has 0 unspecified atom stereocenters. The van der Waals surface area contributed by atoms with Crippen molar-refractivity contribution in [3.8, 4) is 0 Å². The number of para-hydroxylation sites is 1. The lowest BCUT2D eigenvalue weighted by Gasteiger charge is -2.23. The van der Waals surface area contributed by atoms with E-state index in [4.69, 9.17) is 0 Å². The number of carbonyl (C=O) groups excluding carboxylic acids is 2. The number of sulfonamides is 1. The van der Waals surface area contributed by atoms with E-state index in [-0.39, 0.29) is 22.4 Å². The summed E-state index contributed by atoms with van der Waals surface area (Å²) in [6.07, 6.45) is 5.30. The molecule has 1 saturated carbocycles. The molecular formula is C28H31N3O4S. The van der Waals surface area contributed by atoms with Crippen molar-refractivity contribution in [2.24, 2.45) is 0 Å². The monoisotopic (exact) mass is 505 g/mol. The van der Waals surface area contributed by atoms with Gasteiger partial charge in [0.2, 0.25) is 0 Å². The van der Waals surface area contributed by atoms with Crippen LogP contribution < -0.4 is 15.4 Å². The molecule has 0 aliphatic heterocycles. The highest BCUT2D eigenvalue weighted by molar-refractivity contribution is 7.92. The predicted molar refractivity (Wildman–Crippen MR) is 142 cm³/mol. The van der Waals surface area contributed by atoms with Crippen molar-refractivity contribution >= 4 is 33.2 Å². The van der Waals surface area contributed by atoms with Crippen molar-refractivity contribution < 1.29 is 18.0 Å². The Kier molecular flexibility index (Phi) is 7.74. The van der Waals surface area contributed by atoms with Gasteiger partial charge >= 0.3 is 0 Å². The van der Waals surface area contributed by atoms with Gasteiger partial charge in [-0.15, -0.1) is 0 Å². The molecule has 3 aromatic rings. The van der Waals surface area contributed by atoms with Gasteiger partial charge in [-0.25, -0.2) is 8.42 Å². The average Bonchev–Trinajstić information content (AvgIpc) is 2.86. The molecule has 0 radical (unpaired) electrons. The number of carbonyl (C=O) groups is 2. The second-order valence-corrected chi connectivity index (χ2v) is 10.9. The highest BCUT2D eigenvalue weighted by atomic mass is 32.2. The lowest BCUT2D eigenvalue weighted by Crippen LogP contribution is -2.36. The summed E-state index contributed by atoms with van der Waals surface area (Å²) in [4.78, 5) is 26.0. The molecule has 0 heterocycles. The van der Waals surface area contributed by atoms with Crippen LogP contribution in [0.25, 0.3) is 0 Å². The zero-order chi connectivity index (χ0) is 25.7. The number of aryl methyl sites for hydroxylation is 2. The molecule has 7 nitrogen and oxygen atoms in total. The molecule has 1 aliphatic carbocycles. The SMILES string of the molecule is Cc1ccc(NS(=O)(=O)c2cc(C(=O)Nc3ccccc3C(=O)NC3CCCCC3)ccc2C)cc1. The van der Waals surface area contributed by atoms with Crippen LogP contribution in [0.15, 0.2) is 71.6 Å². The first-order valence-corrected chi connectivity index (χ1v) is 13.6. The van der Waals surface area contributed by atoms with E-state index < -0.39 is 15.9 Å². The highest BCUT2D eigenvalue weighted by Crippen LogP contribution is 2.23. The van der Waals surface area contributed by atoms with Crippen LogP contribution in [0.3, 0.4) is 0 Å². The smallest absolute Gasteiger partial charge is 0.262 e. The van der Waals surface area contributed by atoms with E-state index in [1.807, 2.05) is 19.1 Å². The quantitative estimate of drug-likeness (QED) is 0.399. The van der Waals surface area contributed by atoms with Gasteiger partial charge < -0.3 is 10.6 Å². The first kappa shape index (κ1) is 25.4. The summed E-state index contributed by atoms with van der Waals surface area (Å²) in [6.45, 7) is 3.60. The van der Waals surface area contributed by atoms with E-state index in [2.05, 4.69) is 15.4 Å². The third-order valence-corrected chi connectivity index (χ3v) is 7.93. The van der Waals surface area contributed by atoms with Crippen molar-refractivity contribution in [3.05, 3.63) is 89.0 Å². The number of hydrogen-bond acceptors (Lipinski definition) is 4. The van der Waals surface area contributed by atoms with Crippen LogP contribution in [0.4, 0.5) is 11.4 Å². The van der Waals surface area contributed by atoms with Crippen molar-refractivity contribution in [3.63, 3.8) is 0 Å². The number of rotatable bonds is 7. The fraction of sp³-hybridized carbons (Fsp3) is 0.286. The maximum absolute atomic E-state index is 13.1. The zero-order valence-corrected chi connectivity index (χ0v) is 21.3. The third-order valence-electron chi connectivity index (χ3n) is 6.40. The summed E-state index contributed by atoms with van der Waals surface area (Å²) in [6, 6.07) is 18.5. The molecule has 0 spiro atoms. The molecule has 36 heavy (non-hydrogen) atoms. The Bertz CT molecular complexity index is 1360. The summed E-state index contributed by atoms with van der Waals surface area (Å²) in [5, 5.41) is 5.86. The Hall–Kier alpha value is -3.65. The fourth-order valence-electron chi connectivity index (χ4n) is 4.36. The molecule has 8 heteroatoms. The van der Waals surface area contributed by atoms with Crippen LogP contribution in [0.1, 0.15) is 63.9 Å². The van der Waals surface area contributed by atoms with Gasteiger partial charge in [-0.1, -0.05) is 55.2 Å². The molecule has 3 N–H and O–H groups in total. The number of hydrogen-bond donors (Lipinski definition) is 3. The topological polar surface area (TPSA) is 104 Å². The van der Waals surface area contributed by atoms with Crippen molar-refractivity contribution in [1.29, 1.82) is 0 Å². The Morgan fingerprint density at radius 1 is 0.833 bits per heavy atom. The predicted octanol–water partition coefficient (Wildman–Crippen LogP) is 5.42. The lowest BCUT2D eigenvalue weighted by atomic mass is 9.95. The van der Waals surface area contributed by atoms with E-state index in [0.717, 1.165) is 31.2 Å². The Balaban J connectivity index is 1.53. The molecule has 0 bridgehead atoms. The third kappa shape index (κ3) is 6.12. The summed E-state index contributed by atoms with van der Waals surface area (Å²) in [5.41, 5.74) is 2.88. The van der Waals surface area contributed by atoms with E-state index in [0.29, 0.717) is 22.5 Å². The van der Waals surface area contributed by atoms with Crippen molar-refractivity contribution in [2.45, 2.75) is 56.9 Å². The van der Waals surface area contributed by atoms with Gasteiger partial charge in [-0.3, -0.25) is 14.3 Å². The molecule has 4 rings (SSSR count). The van der Waals surface area contributed by atoms with Gasteiger partial charge in [0.05, 0.1) is 16.1 Å². The number of benzene rings is 3. The van der Waals surface area contributed by atoms with Gasteiger partial charge in [0.25, 0.3) is 21.8 Å². The average molecular weight is 506 g/mol. The second kappa shape index (κ2) is 11.0. The molecular weight excluding hydrogens is 474 g/mol. The van der Waals surface area contributed by atoms with E-state index in [1.165, 1.54) is 12.5 Å². The molecule has 0 saturated heterocycles. The van der Waals surface area contributed by atoms with E-state index in [9.17, 15) is 18.0 Å². The first-order chi connectivity index (χ1) is 17.2. The largest absolute Gasteiger partial charge is 0.349 e. The minimum absolute atomic E-state index is 0.0130. The maximum atomic E-state index is 13.1. The highest BCUT2D eigenvalue weighted by Gasteiger charge is 2.22. The van der Waals surface area contributed by atoms with Crippen LogP contribution in [-0.4, -0.2) is 26.3 Å². The van der Waals surface area contributed by atoms with Crippen molar-refractivity contribution in [2.75, 3.05) is 10.0 Å². The Morgan fingerprint density at radius 3 is 2.25 bits per heavy atom. The van der Waals surface area contributed by atoms with Crippen molar-refractivity contribution in [1.82, 2.24) is 5.32 Å². The van der Waals surface area contributed by atoms with E-state index >= 15 is 0 Å². The van der Waals surface area contributed by atoms with Crippen LogP contribution >= 0.6 is 0 Å². The molecule has 1 aliphatic rings. The van der Waals surface area contributed by atoms with E-state index in [1.54, 1.807) is 55.5 Å². The minimum atomic E-state index is -3.92. The standard InChI is InChI=1S/C28H31N3O4S/c1-19-12-16-23(17-13-19)31-36(34,35)26-18-21(15-14-20(26)2)27(32)30-25-11-7-6-10-24(25)28(33)29-22-8-4-3-5-9-22/h6-7,10-18,22,31H,3-5,8-9H2,1-2H3,(H,29,33)(H,30,32). The van der Waals surface area contributed by atoms with Gasteiger partial charge in [0.1, 0.15) is 0 Å².